The van der Waals surface area contributed by atoms with E-state index in [9.17, 15) is 14.4 Å². The third-order valence-corrected chi connectivity index (χ3v) is 6.55. The van der Waals surface area contributed by atoms with E-state index in [1.807, 2.05) is 24.4 Å². The fraction of sp³-hybridized carbons (Fsp3) is 0.591. The first-order valence-corrected chi connectivity index (χ1v) is 11.6. The number of allylic oxidation sites excluding steroid dienone is 1. The maximum absolute atomic E-state index is 13.2. The third kappa shape index (κ3) is 5.49. The lowest BCUT2D eigenvalue weighted by atomic mass is 9.88. The summed E-state index contributed by atoms with van der Waals surface area (Å²) in [5, 5.41) is 4.87. The van der Waals surface area contributed by atoms with Gasteiger partial charge in [-0.05, 0) is 31.2 Å². The predicted molar refractivity (Wildman–Crippen MR) is 116 cm³/mol. The van der Waals surface area contributed by atoms with E-state index in [0.29, 0.717) is 51.4 Å². The third-order valence-electron chi connectivity index (χ3n) is 5.67. The van der Waals surface area contributed by atoms with Crippen LogP contribution in [0.1, 0.15) is 44.4 Å². The molecular formula is C22H31N3O4S. The molecule has 1 aromatic rings. The Morgan fingerprint density at radius 1 is 1.30 bits per heavy atom. The van der Waals surface area contributed by atoms with Gasteiger partial charge in [-0.3, -0.25) is 14.4 Å². The number of hydrogen-bond donors (Lipinski definition) is 1. The Morgan fingerprint density at radius 2 is 2.07 bits per heavy atom. The summed E-state index contributed by atoms with van der Waals surface area (Å²) in [6.07, 6.45) is 2.23. The lowest BCUT2D eigenvalue weighted by molar-refractivity contribution is -0.139. The van der Waals surface area contributed by atoms with Crippen LogP contribution in [0.25, 0.3) is 0 Å². The molecule has 1 atom stereocenters. The van der Waals surface area contributed by atoms with E-state index in [2.05, 4.69) is 12.2 Å². The summed E-state index contributed by atoms with van der Waals surface area (Å²) in [5.74, 6) is -0.747. The van der Waals surface area contributed by atoms with Crippen LogP contribution in [0.3, 0.4) is 0 Å². The number of nitrogens with zero attached hydrogens (tertiary/aromatic N) is 2. The molecule has 0 bridgehead atoms. The Morgan fingerprint density at radius 3 is 2.73 bits per heavy atom. The average molecular weight is 434 g/mol. The number of amides is 3. The molecule has 0 aromatic carbocycles. The van der Waals surface area contributed by atoms with Gasteiger partial charge in [0, 0.05) is 42.2 Å². The summed E-state index contributed by atoms with van der Waals surface area (Å²) in [4.78, 5) is 43.4. The Kier molecular flexibility index (Phi) is 8.04. The van der Waals surface area contributed by atoms with Crippen molar-refractivity contribution >= 4 is 29.1 Å². The second-order valence-corrected chi connectivity index (χ2v) is 8.81. The molecular weight excluding hydrogens is 402 g/mol. The van der Waals surface area contributed by atoms with Gasteiger partial charge in [0.25, 0.3) is 5.91 Å². The zero-order valence-electron chi connectivity index (χ0n) is 17.8. The molecule has 3 rings (SSSR count). The van der Waals surface area contributed by atoms with Crippen LogP contribution in [-0.2, 0) is 25.7 Å². The first kappa shape index (κ1) is 22.5. The highest BCUT2D eigenvalue weighted by Gasteiger charge is 2.37. The Balaban J connectivity index is 1.72. The molecule has 1 saturated heterocycles. The smallest absolute Gasteiger partial charge is 0.251 e. The molecule has 2 aliphatic heterocycles. The van der Waals surface area contributed by atoms with Gasteiger partial charge in [-0.25, -0.2) is 0 Å². The first-order chi connectivity index (χ1) is 14.5. The highest BCUT2D eigenvalue weighted by Crippen LogP contribution is 2.31. The van der Waals surface area contributed by atoms with E-state index in [0.717, 1.165) is 23.4 Å². The van der Waals surface area contributed by atoms with E-state index < -0.39 is 5.92 Å². The van der Waals surface area contributed by atoms with Crippen LogP contribution >= 0.6 is 11.3 Å². The maximum Gasteiger partial charge on any atom is 0.251 e. The van der Waals surface area contributed by atoms with Crippen LogP contribution in [0.4, 0.5) is 0 Å². The summed E-state index contributed by atoms with van der Waals surface area (Å²) < 4.78 is 5.36. The molecule has 164 valence electrons. The van der Waals surface area contributed by atoms with Crippen molar-refractivity contribution in [2.24, 2.45) is 5.92 Å². The normalized spacial score (nSPS) is 19.9. The van der Waals surface area contributed by atoms with Gasteiger partial charge in [0.05, 0.1) is 25.7 Å². The van der Waals surface area contributed by atoms with Gasteiger partial charge in [-0.1, -0.05) is 19.4 Å². The van der Waals surface area contributed by atoms with Crippen molar-refractivity contribution in [2.45, 2.75) is 46.1 Å². The SMILES string of the molecule is CCCCN1C(=O)C(CC(=O)NCc2cccs2)CC(C(=O)N2CCOCC2)=C1C. The van der Waals surface area contributed by atoms with Crippen molar-refractivity contribution in [1.29, 1.82) is 0 Å². The van der Waals surface area contributed by atoms with E-state index >= 15 is 0 Å². The van der Waals surface area contributed by atoms with Crippen molar-refractivity contribution < 1.29 is 19.1 Å². The van der Waals surface area contributed by atoms with Crippen LogP contribution < -0.4 is 5.32 Å². The minimum absolute atomic E-state index is 0.0335. The fourth-order valence-corrected chi connectivity index (χ4v) is 4.52. The number of thiophene rings is 1. The number of nitrogens with one attached hydrogen (secondary N) is 1. The number of rotatable bonds is 8. The Bertz CT molecular complexity index is 784. The molecule has 7 nitrogen and oxygen atoms in total. The molecule has 0 aliphatic carbocycles. The highest BCUT2D eigenvalue weighted by atomic mass is 32.1. The standard InChI is InChI=1S/C22H31N3O4S/c1-3-4-7-25-16(2)19(22(28)24-8-10-29-11-9-24)13-17(21(25)27)14-20(26)23-15-18-6-5-12-30-18/h5-6,12,17H,3-4,7-11,13-15H2,1-2H3,(H,23,26). The molecule has 2 aliphatic rings. The summed E-state index contributed by atoms with van der Waals surface area (Å²) in [6, 6.07) is 3.91. The molecule has 3 heterocycles. The number of carbonyl (C=O) groups excluding carboxylic acids is 3. The van der Waals surface area contributed by atoms with Gasteiger partial charge in [-0.2, -0.15) is 0 Å². The second-order valence-electron chi connectivity index (χ2n) is 7.77. The van der Waals surface area contributed by atoms with Crippen molar-refractivity contribution in [2.75, 3.05) is 32.8 Å². The topological polar surface area (TPSA) is 79.0 Å². The Hall–Kier alpha value is -2.19. The first-order valence-electron chi connectivity index (χ1n) is 10.7. The number of ether oxygens (including phenoxy) is 1. The minimum Gasteiger partial charge on any atom is -0.378 e. The van der Waals surface area contributed by atoms with Gasteiger partial charge in [0.15, 0.2) is 0 Å². The molecule has 0 radical (unpaired) electrons. The number of morpholine rings is 1. The lowest BCUT2D eigenvalue weighted by Crippen LogP contribution is -2.47. The van der Waals surface area contributed by atoms with Crippen molar-refractivity contribution in [3.05, 3.63) is 33.7 Å². The maximum atomic E-state index is 13.2. The van der Waals surface area contributed by atoms with Gasteiger partial charge < -0.3 is 19.9 Å². The van der Waals surface area contributed by atoms with Gasteiger partial charge >= 0.3 is 0 Å². The van der Waals surface area contributed by atoms with Crippen LogP contribution in [0.5, 0.6) is 0 Å². The zero-order chi connectivity index (χ0) is 21.5. The number of carbonyl (C=O) groups is 3. The van der Waals surface area contributed by atoms with Crippen molar-refractivity contribution in [3.63, 3.8) is 0 Å². The highest BCUT2D eigenvalue weighted by molar-refractivity contribution is 7.09. The van der Waals surface area contributed by atoms with E-state index in [1.165, 1.54) is 0 Å². The summed E-state index contributed by atoms with van der Waals surface area (Å²) in [7, 11) is 0. The second kappa shape index (κ2) is 10.7. The van der Waals surface area contributed by atoms with Crippen molar-refractivity contribution in [3.8, 4) is 0 Å². The van der Waals surface area contributed by atoms with E-state index in [-0.39, 0.29) is 24.1 Å². The predicted octanol–water partition coefficient (Wildman–Crippen LogP) is 2.54. The molecule has 1 aromatic heterocycles. The average Bonchev–Trinajstić information content (AvgIpc) is 3.28. The molecule has 1 N–H and O–H groups in total. The number of hydrogen-bond acceptors (Lipinski definition) is 5. The lowest BCUT2D eigenvalue weighted by Gasteiger charge is -2.36. The van der Waals surface area contributed by atoms with Gasteiger partial charge in [0.2, 0.25) is 11.8 Å². The molecule has 0 saturated carbocycles. The van der Waals surface area contributed by atoms with Crippen LogP contribution in [0, 0.1) is 5.92 Å². The summed E-state index contributed by atoms with van der Waals surface area (Å²) >= 11 is 1.58. The molecule has 3 amide bonds. The molecule has 0 spiro atoms. The van der Waals surface area contributed by atoms with Crippen LogP contribution in [0.15, 0.2) is 28.8 Å². The zero-order valence-corrected chi connectivity index (χ0v) is 18.6. The van der Waals surface area contributed by atoms with Crippen molar-refractivity contribution in [1.82, 2.24) is 15.1 Å². The fourth-order valence-electron chi connectivity index (χ4n) is 3.88. The quantitative estimate of drug-likeness (QED) is 0.683. The summed E-state index contributed by atoms with van der Waals surface area (Å²) in [6.45, 7) is 7.15. The largest absolute Gasteiger partial charge is 0.378 e. The van der Waals surface area contributed by atoms with Crippen LogP contribution in [-0.4, -0.2) is 60.4 Å². The van der Waals surface area contributed by atoms with E-state index in [4.69, 9.17) is 4.74 Å². The molecule has 8 heteroatoms. The van der Waals surface area contributed by atoms with Gasteiger partial charge in [0.1, 0.15) is 0 Å². The number of unbranched alkanes of at least 4 members (excludes halogenated alkanes) is 1. The molecule has 30 heavy (non-hydrogen) atoms. The Labute approximate surface area is 182 Å². The van der Waals surface area contributed by atoms with Gasteiger partial charge in [-0.15, -0.1) is 11.3 Å². The van der Waals surface area contributed by atoms with Crippen LogP contribution in [0.2, 0.25) is 0 Å². The molecule has 1 unspecified atom stereocenters. The minimum atomic E-state index is -0.506. The van der Waals surface area contributed by atoms with E-state index in [1.54, 1.807) is 21.1 Å². The monoisotopic (exact) mass is 433 g/mol. The summed E-state index contributed by atoms with van der Waals surface area (Å²) in [5.41, 5.74) is 1.39. The molecule has 1 fully saturated rings.